The zero-order valence-electron chi connectivity index (χ0n) is 16.8. The highest BCUT2D eigenvalue weighted by atomic mass is 35.5. The van der Waals surface area contributed by atoms with E-state index in [1.165, 1.54) is 7.11 Å². The summed E-state index contributed by atoms with van der Waals surface area (Å²) in [5, 5.41) is 10.0. The minimum absolute atomic E-state index is 0.236. The molecule has 1 amide bonds. The third kappa shape index (κ3) is 5.39. The number of carbonyl (C=O) groups excluding carboxylic acids is 1. The summed E-state index contributed by atoms with van der Waals surface area (Å²) in [5.41, 5.74) is 1.67. The molecular weight excluding hydrogens is 458 g/mol. The van der Waals surface area contributed by atoms with E-state index in [0.717, 1.165) is 22.2 Å². The lowest BCUT2D eigenvalue weighted by Gasteiger charge is -2.21. The van der Waals surface area contributed by atoms with Gasteiger partial charge in [0, 0.05) is 5.02 Å². The van der Waals surface area contributed by atoms with Gasteiger partial charge in [0.2, 0.25) is 0 Å². The van der Waals surface area contributed by atoms with Gasteiger partial charge in [-0.15, -0.1) is 0 Å². The second-order valence-corrected chi connectivity index (χ2v) is 8.75. The maximum Gasteiger partial charge on any atom is 0.326 e. The average molecular weight is 478 g/mol. The molecule has 0 radical (unpaired) electrons. The fourth-order valence-electron chi connectivity index (χ4n) is 3.00. The molecule has 3 rings (SSSR count). The molecule has 1 saturated heterocycles. The molecule has 162 valence electrons. The number of hydrogen-bond acceptors (Lipinski definition) is 6. The van der Waals surface area contributed by atoms with Crippen LogP contribution in [0.5, 0.6) is 11.5 Å². The number of hydrogen-bond donors (Lipinski definition) is 1. The molecule has 1 aliphatic rings. The van der Waals surface area contributed by atoms with E-state index in [0.29, 0.717) is 33.6 Å². The molecule has 0 spiro atoms. The van der Waals surface area contributed by atoms with Gasteiger partial charge in [0.05, 0.1) is 12.0 Å². The Labute approximate surface area is 194 Å². The van der Waals surface area contributed by atoms with Crippen LogP contribution in [0.15, 0.2) is 47.4 Å². The number of aliphatic carboxylic acids is 1. The van der Waals surface area contributed by atoms with Crippen molar-refractivity contribution < 1.29 is 24.2 Å². The normalized spacial score (nSPS) is 16.0. The van der Waals surface area contributed by atoms with E-state index in [1.807, 2.05) is 12.1 Å². The van der Waals surface area contributed by atoms with Crippen molar-refractivity contribution in [1.29, 1.82) is 0 Å². The summed E-state index contributed by atoms with van der Waals surface area (Å²) in [6.45, 7) is 2.05. The summed E-state index contributed by atoms with van der Waals surface area (Å²) in [6, 6.07) is 11.7. The standard InChI is InChI=1S/C22H20ClNO5S2/c1-3-16(21(26)27)24-20(25)19(31-22(24)30)11-14-6-9-17(18(10-14)28-2)29-12-13-4-7-15(23)8-5-13/h4-11,16H,3,12H2,1-2H3,(H,26,27)/b19-11+/t16-/m0/s1. The van der Waals surface area contributed by atoms with Crippen LogP contribution < -0.4 is 9.47 Å². The van der Waals surface area contributed by atoms with Crippen LogP contribution in [0.3, 0.4) is 0 Å². The van der Waals surface area contributed by atoms with Crippen molar-refractivity contribution in [2.75, 3.05) is 7.11 Å². The monoisotopic (exact) mass is 477 g/mol. The van der Waals surface area contributed by atoms with Crippen LogP contribution in [0, 0.1) is 0 Å². The molecule has 1 heterocycles. The molecule has 1 fully saturated rings. The number of carbonyl (C=O) groups is 2. The molecule has 0 unspecified atom stereocenters. The molecule has 9 heteroatoms. The van der Waals surface area contributed by atoms with Gasteiger partial charge >= 0.3 is 5.97 Å². The Hall–Kier alpha value is -2.55. The molecule has 6 nitrogen and oxygen atoms in total. The molecular formula is C22H20ClNO5S2. The summed E-state index contributed by atoms with van der Waals surface area (Å²) < 4.78 is 11.5. The van der Waals surface area contributed by atoms with Crippen LogP contribution >= 0.6 is 35.6 Å². The van der Waals surface area contributed by atoms with E-state index >= 15 is 0 Å². The SMILES string of the molecule is CC[C@@H](C(=O)O)N1C(=O)/C(=C\c2ccc(OCc3ccc(Cl)cc3)c(OC)c2)SC1=S. The van der Waals surface area contributed by atoms with Gasteiger partial charge in [-0.2, -0.15) is 0 Å². The zero-order valence-corrected chi connectivity index (χ0v) is 19.2. The van der Waals surface area contributed by atoms with Gasteiger partial charge in [-0.1, -0.05) is 60.7 Å². The molecule has 2 aromatic rings. The lowest BCUT2D eigenvalue weighted by Crippen LogP contribution is -2.43. The first-order chi connectivity index (χ1) is 14.8. The molecule has 1 N–H and O–H groups in total. The summed E-state index contributed by atoms with van der Waals surface area (Å²) in [6.07, 6.45) is 1.93. The summed E-state index contributed by atoms with van der Waals surface area (Å²) >= 11 is 12.2. The van der Waals surface area contributed by atoms with Crippen molar-refractivity contribution in [2.24, 2.45) is 0 Å². The van der Waals surface area contributed by atoms with Gasteiger partial charge in [-0.05, 0) is 47.9 Å². The number of halogens is 1. The van der Waals surface area contributed by atoms with E-state index in [1.54, 1.807) is 43.3 Å². The number of thiocarbonyl (C=S) groups is 1. The van der Waals surface area contributed by atoms with Gasteiger partial charge in [-0.3, -0.25) is 9.69 Å². The number of thioether (sulfide) groups is 1. The van der Waals surface area contributed by atoms with E-state index < -0.39 is 17.9 Å². The van der Waals surface area contributed by atoms with Gasteiger partial charge in [0.25, 0.3) is 5.91 Å². The second kappa shape index (κ2) is 10.2. The fourth-order valence-corrected chi connectivity index (χ4v) is 4.49. The van der Waals surface area contributed by atoms with E-state index in [9.17, 15) is 14.7 Å². The average Bonchev–Trinajstić information content (AvgIpc) is 3.02. The van der Waals surface area contributed by atoms with E-state index in [-0.39, 0.29) is 10.7 Å². The first kappa shape index (κ1) is 23.1. The van der Waals surface area contributed by atoms with Crippen LogP contribution in [0.2, 0.25) is 5.02 Å². The number of amides is 1. The minimum Gasteiger partial charge on any atom is -0.493 e. The van der Waals surface area contributed by atoms with Crippen LogP contribution in [0.1, 0.15) is 24.5 Å². The van der Waals surface area contributed by atoms with Gasteiger partial charge in [-0.25, -0.2) is 4.79 Å². The van der Waals surface area contributed by atoms with Crippen molar-refractivity contribution in [2.45, 2.75) is 26.0 Å². The largest absolute Gasteiger partial charge is 0.493 e. The van der Waals surface area contributed by atoms with Crippen molar-refractivity contribution in [3.8, 4) is 11.5 Å². The molecule has 1 atom stereocenters. The number of ether oxygens (including phenoxy) is 2. The van der Waals surface area contributed by atoms with Crippen LogP contribution in [-0.4, -0.2) is 39.4 Å². The highest BCUT2D eigenvalue weighted by molar-refractivity contribution is 8.26. The highest BCUT2D eigenvalue weighted by Gasteiger charge is 2.39. The smallest absolute Gasteiger partial charge is 0.326 e. The third-order valence-electron chi connectivity index (χ3n) is 4.60. The Kier molecular flexibility index (Phi) is 7.59. The number of rotatable bonds is 8. The number of nitrogens with zero attached hydrogens (tertiary/aromatic N) is 1. The van der Waals surface area contributed by atoms with Gasteiger partial charge in [0.15, 0.2) is 11.5 Å². The minimum atomic E-state index is -1.08. The summed E-state index contributed by atoms with van der Waals surface area (Å²) in [5.74, 6) is -0.426. The van der Waals surface area contributed by atoms with Crippen LogP contribution in [0.25, 0.3) is 6.08 Å². The maximum absolute atomic E-state index is 12.8. The Morgan fingerprint density at radius 1 is 1.26 bits per heavy atom. The summed E-state index contributed by atoms with van der Waals surface area (Å²) in [4.78, 5) is 25.7. The Morgan fingerprint density at radius 3 is 2.58 bits per heavy atom. The predicted octanol–water partition coefficient (Wildman–Crippen LogP) is 4.99. The Bertz CT molecular complexity index is 1040. The molecule has 2 aromatic carbocycles. The van der Waals surface area contributed by atoms with Crippen molar-refractivity contribution in [1.82, 2.24) is 4.90 Å². The topological polar surface area (TPSA) is 76.1 Å². The molecule has 0 saturated carbocycles. The van der Waals surface area contributed by atoms with E-state index in [4.69, 9.17) is 33.3 Å². The van der Waals surface area contributed by atoms with E-state index in [2.05, 4.69) is 0 Å². The number of carboxylic acid groups (broad SMARTS) is 1. The van der Waals surface area contributed by atoms with Crippen molar-refractivity contribution in [3.05, 3.63) is 63.5 Å². The first-order valence-corrected chi connectivity index (χ1v) is 11.0. The Balaban J connectivity index is 1.78. The predicted molar refractivity (Wildman–Crippen MR) is 126 cm³/mol. The van der Waals surface area contributed by atoms with Crippen LogP contribution in [0.4, 0.5) is 0 Å². The lowest BCUT2D eigenvalue weighted by molar-refractivity contribution is -0.145. The number of methoxy groups -OCH3 is 1. The molecule has 0 bridgehead atoms. The van der Waals surface area contributed by atoms with Crippen molar-refractivity contribution in [3.63, 3.8) is 0 Å². The quantitative estimate of drug-likeness (QED) is 0.424. The number of carboxylic acids is 1. The summed E-state index contributed by atoms with van der Waals surface area (Å²) in [7, 11) is 1.53. The zero-order chi connectivity index (χ0) is 22.5. The van der Waals surface area contributed by atoms with Gasteiger partial charge in [0.1, 0.15) is 17.0 Å². The Morgan fingerprint density at radius 2 is 1.97 bits per heavy atom. The second-order valence-electron chi connectivity index (χ2n) is 6.64. The molecule has 0 aliphatic carbocycles. The molecule has 1 aliphatic heterocycles. The van der Waals surface area contributed by atoms with Crippen molar-refractivity contribution >= 4 is 57.9 Å². The van der Waals surface area contributed by atoms with Crippen LogP contribution in [-0.2, 0) is 16.2 Å². The maximum atomic E-state index is 12.8. The lowest BCUT2D eigenvalue weighted by atomic mass is 10.1. The number of benzene rings is 2. The fraction of sp³-hybridized carbons (Fsp3) is 0.227. The highest BCUT2D eigenvalue weighted by Crippen LogP contribution is 2.36. The van der Waals surface area contributed by atoms with Gasteiger partial charge < -0.3 is 14.6 Å². The third-order valence-corrected chi connectivity index (χ3v) is 6.18. The molecule has 0 aromatic heterocycles. The molecule has 31 heavy (non-hydrogen) atoms. The first-order valence-electron chi connectivity index (χ1n) is 9.39.